The number of rotatable bonds is 3. The molecule has 1 fully saturated rings. The summed E-state index contributed by atoms with van der Waals surface area (Å²) in [5.74, 6) is 0. The van der Waals surface area contributed by atoms with E-state index in [0.29, 0.717) is 43.4 Å². The Labute approximate surface area is 161 Å². The number of nitriles is 1. The topological polar surface area (TPSA) is 47.3 Å². The van der Waals surface area contributed by atoms with Gasteiger partial charge in [0.25, 0.3) is 0 Å². The number of nitrogens with zero attached hydrogens (tertiary/aromatic N) is 2. The van der Waals surface area contributed by atoms with Crippen molar-refractivity contribution < 1.29 is 49.2 Å². The van der Waals surface area contributed by atoms with Crippen molar-refractivity contribution in [2.75, 3.05) is 23.3 Å². The average Bonchev–Trinajstić information content (AvgIpc) is 2.47. The minimum atomic E-state index is -4.53. The van der Waals surface area contributed by atoms with Crippen LogP contribution in [0.4, 0.5) is 18.9 Å². The number of aliphatic hydroxyl groups is 1. The minimum absolute atomic E-state index is 0.202. The summed E-state index contributed by atoms with van der Waals surface area (Å²) in [4.78, 5) is 1.89. The van der Waals surface area contributed by atoms with Crippen LogP contribution < -0.4 is 7.27 Å². The van der Waals surface area contributed by atoms with Gasteiger partial charge in [0, 0.05) is 0 Å². The molecule has 1 aromatic carbocycles. The van der Waals surface area contributed by atoms with Crippen molar-refractivity contribution in [1.29, 1.82) is 5.26 Å². The molecule has 1 N–H and O–H groups in total. The van der Waals surface area contributed by atoms with Gasteiger partial charge in [-0.3, -0.25) is 0 Å². The van der Waals surface area contributed by atoms with Crippen molar-refractivity contribution in [2.45, 2.75) is 31.0 Å². The first-order valence-electron chi connectivity index (χ1n) is 7.15. The van der Waals surface area contributed by atoms with Gasteiger partial charge in [-0.2, -0.15) is 0 Å². The van der Waals surface area contributed by atoms with E-state index in [9.17, 15) is 18.3 Å². The van der Waals surface area contributed by atoms with E-state index >= 15 is 0 Å². The van der Waals surface area contributed by atoms with Crippen LogP contribution in [0.5, 0.6) is 0 Å². The molecule has 0 aliphatic carbocycles. The van der Waals surface area contributed by atoms with Crippen LogP contribution in [-0.4, -0.2) is 29.1 Å². The van der Waals surface area contributed by atoms with Crippen molar-refractivity contribution in [1.82, 2.24) is 0 Å². The van der Waals surface area contributed by atoms with E-state index in [4.69, 9.17) is 5.26 Å². The first-order valence-corrected chi connectivity index (χ1v) is 9.69. The third kappa shape index (κ3) is 4.28. The first kappa shape index (κ1) is 19.2. The van der Waals surface area contributed by atoms with Gasteiger partial charge in [-0.1, -0.05) is 0 Å². The predicted molar refractivity (Wildman–Crippen MR) is 80.6 cm³/mol. The summed E-state index contributed by atoms with van der Waals surface area (Å²) in [7, 11) is 0. The van der Waals surface area contributed by atoms with Crippen molar-refractivity contribution in [2.24, 2.45) is 0 Å². The number of hydrogen-bond donors (Lipinski definition) is 1. The fraction of sp³-hybridized carbons (Fsp3) is 0.533. The second-order valence-corrected chi connectivity index (χ2v) is 7.89. The molecule has 23 heavy (non-hydrogen) atoms. The average molecular weight is 465 g/mol. The molecule has 8 heteroatoms. The van der Waals surface area contributed by atoms with Crippen LogP contribution in [-0.2, 0) is 37.1 Å². The Bertz CT molecular complexity index is 622. The molecular formula is C15H15BrF3N2OY. The van der Waals surface area contributed by atoms with E-state index in [-0.39, 0.29) is 38.9 Å². The van der Waals surface area contributed by atoms with E-state index in [1.807, 2.05) is 4.90 Å². The molecular weight excluding hydrogens is 450 g/mol. The Balaban J connectivity index is 2.31. The number of alkyl halides is 4. The van der Waals surface area contributed by atoms with Crippen molar-refractivity contribution in [3.05, 3.63) is 23.3 Å². The van der Waals surface area contributed by atoms with Crippen LogP contribution in [0.1, 0.15) is 30.4 Å². The van der Waals surface area contributed by atoms with Crippen LogP contribution >= 0.6 is 15.9 Å². The number of piperidine rings is 1. The number of anilines is 1. The molecule has 0 aromatic heterocycles. The van der Waals surface area contributed by atoms with Crippen molar-refractivity contribution in [3.8, 4) is 6.07 Å². The van der Waals surface area contributed by atoms with Gasteiger partial charge in [-0.25, -0.2) is 0 Å². The molecule has 1 aliphatic rings. The molecule has 0 atom stereocenters. The standard InChI is InChI=1S/C15H15BrF3N2O.Y/c16-6-3-14(22)4-7-21(8-5-14)12-2-1-11(10-20)13(9-12)15(17,18)19;/h1-2,22H,3-8H2;. The third-order valence-corrected chi connectivity index (χ3v) is 6.05. The summed E-state index contributed by atoms with van der Waals surface area (Å²) in [5.41, 5.74) is -1.33. The molecule has 1 aromatic rings. The summed E-state index contributed by atoms with van der Waals surface area (Å²) < 4.78 is 40.0. The van der Waals surface area contributed by atoms with Gasteiger partial charge < -0.3 is 0 Å². The zero-order valence-corrected chi connectivity index (χ0v) is 16.8. The molecule has 0 bridgehead atoms. The predicted octanol–water partition coefficient (Wildman–Crippen LogP) is 2.87. The Morgan fingerprint density at radius 2 is 1.96 bits per heavy atom. The quantitative estimate of drug-likeness (QED) is 0.699. The van der Waals surface area contributed by atoms with E-state index in [0.717, 1.165) is 0 Å². The fourth-order valence-electron chi connectivity index (χ4n) is 2.87. The molecule has 1 saturated heterocycles. The van der Waals surface area contributed by atoms with Gasteiger partial charge in [0.1, 0.15) is 0 Å². The molecule has 1 aliphatic heterocycles. The third-order valence-electron chi connectivity index (χ3n) is 4.22. The monoisotopic (exact) mass is 464 g/mol. The molecule has 0 saturated carbocycles. The summed E-state index contributed by atoms with van der Waals surface area (Å²) in [6.45, 7) is 1.03. The second kappa shape index (κ2) is 7.39. The van der Waals surface area contributed by atoms with Gasteiger partial charge in [-0.05, 0) is 0 Å². The van der Waals surface area contributed by atoms with E-state index in [1.165, 1.54) is 6.07 Å². The SMILES string of the molecule is N#Cc1ccc(N2CCC(O)(CCBr)CC2)[c]([Y])c1C(F)(F)F. The molecule has 0 spiro atoms. The molecule has 0 radical (unpaired) electrons. The number of halogens is 4. The van der Waals surface area contributed by atoms with Gasteiger partial charge in [0.15, 0.2) is 0 Å². The second-order valence-electron chi connectivity index (χ2n) is 5.68. The van der Waals surface area contributed by atoms with E-state index < -0.39 is 17.3 Å². The van der Waals surface area contributed by atoms with Gasteiger partial charge >= 0.3 is 162 Å². The molecule has 122 valence electrons. The van der Waals surface area contributed by atoms with Crippen molar-refractivity contribution >= 4 is 24.0 Å². The van der Waals surface area contributed by atoms with E-state index in [2.05, 4.69) is 15.9 Å². The molecule has 3 nitrogen and oxygen atoms in total. The van der Waals surface area contributed by atoms with Crippen LogP contribution in [0.3, 0.4) is 0 Å². The van der Waals surface area contributed by atoms with Crippen LogP contribution in [0, 0.1) is 11.3 Å². The first-order chi connectivity index (χ1) is 10.7. The molecule has 1 heterocycles. The van der Waals surface area contributed by atoms with Gasteiger partial charge in [-0.15, -0.1) is 0 Å². The number of hydrogen-bond acceptors (Lipinski definition) is 3. The van der Waals surface area contributed by atoms with Gasteiger partial charge in [0.2, 0.25) is 0 Å². The Kier molecular flexibility index (Phi) is 6.16. The summed E-state index contributed by atoms with van der Waals surface area (Å²) in [5, 5.41) is 20.0. The zero-order valence-electron chi connectivity index (χ0n) is 12.3. The Hall–Kier alpha value is -0.156. The Morgan fingerprint density at radius 3 is 2.43 bits per heavy atom. The van der Waals surface area contributed by atoms with E-state index in [1.54, 1.807) is 12.1 Å². The molecule has 0 unspecified atom stereocenters. The Morgan fingerprint density at radius 1 is 1.35 bits per heavy atom. The van der Waals surface area contributed by atoms with Gasteiger partial charge in [0.05, 0.1) is 0 Å². The fourth-order valence-corrected chi connectivity index (χ4v) is 5.08. The maximum atomic E-state index is 13.3. The molecule has 0 amide bonds. The van der Waals surface area contributed by atoms with Crippen molar-refractivity contribution in [3.63, 3.8) is 0 Å². The summed E-state index contributed by atoms with van der Waals surface area (Å²) >= 11 is 3.59. The van der Waals surface area contributed by atoms with Crippen LogP contribution in [0.25, 0.3) is 0 Å². The zero-order chi connectivity index (χ0) is 17.3. The maximum absolute atomic E-state index is 13.3. The molecule has 2 rings (SSSR count). The summed E-state index contributed by atoms with van der Waals surface area (Å²) in [6, 6.07) is 4.49. The summed E-state index contributed by atoms with van der Waals surface area (Å²) in [6.07, 6.45) is -2.84. The number of benzene rings is 1. The van der Waals surface area contributed by atoms with Crippen LogP contribution in [0.2, 0.25) is 0 Å². The normalized spacial score (nSPS) is 17.8. The van der Waals surface area contributed by atoms with Crippen LogP contribution in [0.15, 0.2) is 12.1 Å².